The lowest BCUT2D eigenvalue weighted by Crippen LogP contribution is -2.20. The van der Waals surface area contributed by atoms with E-state index >= 15 is 0 Å². The number of nitrogens with zero attached hydrogens (tertiary/aromatic N) is 1. The maximum absolute atomic E-state index is 2.40. The number of hydrogen-bond donors (Lipinski definition) is 0. The first-order valence-electron chi connectivity index (χ1n) is 4.11. The molecule has 0 aliphatic carbocycles. The van der Waals surface area contributed by atoms with Crippen LogP contribution in [-0.4, -0.2) is 15.7 Å². The summed E-state index contributed by atoms with van der Waals surface area (Å²) in [7, 11) is 0. The highest BCUT2D eigenvalue weighted by Crippen LogP contribution is 2.07. The van der Waals surface area contributed by atoms with Crippen molar-refractivity contribution in [2.75, 3.05) is 6.54 Å². The van der Waals surface area contributed by atoms with Gasteiger partial charge in [-0.2, -0.15) is 0 Å². The second-order valence-corrected chi connectivity index (χ2v) is 4.16. The monoisotopic (exact) mass is 255 g/mol. The van der Waals surface area contributed by atoms with Gasteiger partial charge in [-0.15, -0.1) is 0 Å². The Balaban J connectivity index is 3.13. The van der Waals surface area contributed by atoms with Crippen LogP contribution in [0.1, 0.15) is 40.0 Å². The molecule has 10 heavy (non-hydrogen) atoms. The Morgan fingerprint density at radius 2 is 1.90 bits per heavy atom. The number of unbranched alkanes of at least 4 members (excludes halogenated alkanes) is 2. The molecule has 0 saturated heterocycles. The van der Waals surface area contributed by atoms with Crippen LogP contribution in [0.15, 0.2) is 0 Å². The van der Waals surface area contributed by atoms with Crippen molar-refractivity contribution in [3.8, 4) is 0 Å². The molecule has 0 unspecified atom stereocenters. The summed E-state index contributed by atoms with van der Waals surface area (Å²) < 4.78 is 2.37. The maximum Gasteiger partial charge on any atom is 0.0204 e. The van der Waals surface area contributed by atoms with Crippen molar-refractivity contribution in [1.29, 1.82) is 0 Å². The second-order valence-electron chi connectivity index (χ2n) is 2.92. The molecule has 62 valence electrons. The topological polar surface area (TPSA) is 3.24 Å². The summed E-state index contributed by atoms with van der Waals surface area (Å²) in [6.07, 6.45) is 4.03. The van der Waals surface area contributed by atoms with E-state index in [0.717, 1.165) is 0 Å². The molecule has 0 rings (SSSR count). The molecule has 0 saturated carbocycles. The van der Waals surface area contributed by atoms with Gasteiger partial charge in [-0.3, -0.25) is 0 Å². The van der Waals surface area contributed by atoms with Gasteiger partial charge >= 0.3 is 0 Å². The summed E-state index contributed by atoms with van der Waals surface area (Å²) in [5, 5.41) is 0. The van der Waals surface area contributed by atoms with Gasteiger partial charge in [0, 0.05) is 35.5 Å². The molecule has 0 aromatic rings. The van der Waals surface area contributed by atoms with E-state index in [-0.39, 0.29) is 0 Å². The third-order valence-corrected chi connectivity index (χ3v) is 3.13. The standard InChI is InChI=1S/C8H18IN/c1-4-5-6-7-10(9)8(2)3/h8H,4-7H2,1-3H3. The highest BCUT2D eigenvalue weighted by molar-refractivity contribution is 14.1. The summed E-state index contributed by atoms with van der Waals surface area (Å²) >= 11 is 2.40. The molecular weight excluding hydrogens is 237 g/mol. The maximum atomic E-state index is 2.40. The van der Waals surface area contributed by atoms with Gasteiger partial charge in [0.2, 0.25) is 0 Å². The number of halogens is 1. The Labute approximate surface area is 78.7 Å². The first-order valence-corrected chi connectivity index (χ1v) is 5.07. The van der Waals surface area contributed by atoms with Gasteiger partial charge in [0.05, 0.1) is 0 Å². The SMILES string of the molecule is CCCCCN(I)C(C)C. The van der Waals surface area contributed by atoms with Crippen LogP contribution in [0.5, 0.6) is 0 Å². The van der Waals surface area contributed by atoms with Crippen LogP contribution in [0, 0.1) is 0 Å². The number of hydrogen-bond acceptors (Lipinski definition) is 1. The minimum Gasteiger partial charge on any atom is -0.245 e. The first-order chi connectivity index (χ1) is 4.68. The molecule has 2 heteroatoms. The molecule has 0 heterocycles. The molecule has 0 N–H and O–H groups in total. The van der Waals surface area contributed by atoms with Crippen LogP contribution >= 0.6 is 22.9 Å². The van der Waals surface area contributed by atoms with Crippen molar-refractivity contribution in [3.63, 3.8) is 0 Å². The minimum atomic E-state index is 0.692. The Kier molecular flexibility index (Phi) is 6.85. The lowest BCUT2D eigenvalue weighted by molar-refractivity contribution is 0.416. The summed E-state index contributed by atoms with van der Waals surface area (Å²) in [5.41, 5.74) is 0. The van der Waals surface area contributed by atoms with Crippen molar-refractivity contribution in [3.05, 3.63) is 0 Å². The van der Waals surface area contributed by atoms with Gasteiger partial charge in [0.1, 0.15) is 0 Å². The van der Waals surface area contributed by atoms with Crippen molar-refractivity contribution >= 4 is 22.9 Å². The molecule has 0 atom stereocenters. The van der Waals surface area contributed by atoms with Crippen LogP contribution in [0.25, 0.3) is 0 Å². The highest BCUT2D eigenvalue weighted by atomic mass is 127. The van der Waals surface area contributed by atoms with Gasteiger partial charge < -0.3 is 0 Å². The van der Waals surface area contributed by atoms with Crippen LogP contribution < -0.4 is 0 Å². The average Bonchev–Trinajstić information content (AvgIpc) is 1.88. The molecule has 0 radical (unpaired) electrons. The molecule has 0 amide bonds. The third-order valence-electron chi connectivity index (χ3n) is 1.54. The smallest absolute Gasteiger partial charge is 0.0204 e. The van der Waals surface area contributed by atoms with Crippen LogP contribution in [0.3, 0.4) is 0 Å². The largest absolute Gasteiger partial charge is 0.245 e. The van der Waals surface area contributed by atoms with E-state index in [4.69, 9.17) is 0 Å². The quantitative estimate of drug-likeness (QED) is 0.414. The molecule has 0 aliphatic rings. The zero-order valence-electron chi connectivity index (χ0n) is 7.23. The normalized spacial score (nSPS) is 11.4. The lowest BCUT2D eigenvalue weighted by atomic mass is 10.2. The molecule has 0 aliphatic heterocycles. The molecule has 0 aromatic carbocycles. The van der Waals surface area contributed by atoms with Crippen molar-refractivity contribution in [2.45, 2.75) is 46.1 Å². The minimum absolute atomic E-state index is 0.692. The van der Waals surface area contributed by atoms with Gasteiger partial charge in [-0.1, -0.05) is 19.8 Å². The third kappa shape index (κ3) is 5.47. The Morgan fingerprint density at radius 1 is 1.30 bits per heavy atom. The fourth-order valence-electron chi connectivity index (χ4n) is 0.771. The molecule has 0 bridgehead atoms. The highest BCUT2D eigenvalue weighted by Gasteiger charge is 2.02. The van der Waals surface area contributed by atoms with E-state index in [2.05, 4.69) is 46.7 Å². The van der Waals surface area contributed by atoms with Crippen molar-refractivity contribution < 1.29 is 0 Å². The number of rotatable bonds is 5. The van der Waals surface area contributed by atoms with Gasteiger partial charge in [-0.25, -0.2) is 3.11 Å². The molecule has 0 fully saturated rings. The molecule has 0 spiro atoms. The van der Waals surface area contributed by atoms with E-state index in [0.29, 0.717) is 6.04 Å². The molecular formula is C8H18IN. The fourth-order valence-corrected chi connectivity index (χ4v) is 1.11. The summed E-state index contributed by atoms with van der Waals surface area (Å²) in [4.78, 5) is 0. The predicted molar refractivity (Wildman–Crippen MR) is 55.4 cm³/mol. The fraction of sp³-hybridized carbons (Fsp3) is 1.00. The van der Waals surface area contributed by atoms with Crippen molar-refractivity contribution in [2.24, 2.45) is 0 Å². The summed E-state index contributed by atoms with van der Waals surface area (Å²) in [6, 6.07) is 0.692. The Bertz CT molecular complexity index is 73.7. The zero-order chi connectivity index (χ0) is 7.98. The van der Waals surface area contributed by atoms with Crippen LogP contribution in [-0.2, 0) is 0 Å². The van der Waals surface area contributed by atoms with Crippen molar-refractivity contribution in [1.82, 2.24) is 3.11 Å². The van der Waals surface area contributed by atoms with Crippen LogP contribution in [0.4, 0.5) is 0 Å². The summed E-state index contributed by atoms with van der Waals surface area (Å²) in [5.74, 6) is 0. The van der Waals surface area contributed by atoms with E-state index in [9.17, 15) is 0 Å². The van der Waals surface area contributed by atoms with Gasteiger partial charge in [0.25, 0.3) is 0 Å². The van der Waals surface area contributed by atoms with E-state index in [1.54, 1.807) is 0 Å². The van der Waals surface area contributed by atoms with Crippen LogP contribution in [0.2, 0.25) is 0 Å². The molecule has 1 nitrogen and oxygen atoms in total. The molecule has 0 aromatic heterocycles. The zero-order valence-corrected chi connectivity index (χ0v) is 9.39. The summed E-state index contributed by atoms with van der Waals surface area (Å²) in [6.45, 7) is 7.95. The Morgan fingerprint density at radius 3 is 2.30 bits per heavy atom. The lowest BCUT2D eigenvalue weighted by Gasteiger charge is -2.17. The Hall–Kier alpha value is 0.690. The van der Waals surface area contributed by atoms with E-state index in [1.807, 2.05) is 0 Å². The van der Waals surface area contributed by atoms with Gasteiger partial charge in [-0.05, 0) is 20.3 Å². The average molecular weight is 255 g/mol. The second kappa shape index (κ2) is 6.40. The van der Waals surface area contributed by atoms with E-state index < -0.39 is 0 Å². The first kappa shape index (κ1) is 10.7. The van der Waals surface area contributed by atoms with Gasteiger partial charge in [0.15, 0.2) is 0 Å². The predicted octanol–water partition coefficient (Wildman–Crippen LogP) is 3.24. The van der Waals surface area contributed by atoms with E-state index in [1.165, 1.54) is 25.8 Å².